The highest BCUT2D eigenvalue weighted by molar-refractivity contribution is 6.04. The van der Waals surface area contributed by atoms with Crippen molar-refractivity contribution in [3.63, 3.8) is 0 Å². The number of nitrogens with one attached hydrogen (secondary N) is 1. The summed E-state index contributed by atoms with van der Waals surface area (Å²) in [4.78, 5) is 12.5. The van der Waals surface area contributed by atoms with Crippen LogP contribution in [-0.4, -0.2) is 19.1 Å². The van der Waals surface area contributed by atoms with E-state index < -0.39 is 0 Å². The van der Waals surface area contributed by atoms with Gasteiger partial charge < -0.3 is 14.8 Å². The molecule has 28 heavy (non-hydrogen) atoms. The van der Waals surface area contributed by atoms with Crippen LogP contribution in [0.5, 0.6) is 11.5 Å². The van der Waals surface area contributed by atoms with E-state index in [1.165, 1.54) is 19.3 Å². The Hall–Kier alpha value is -2.49. The van der Waals surface area contributed by atoms with E-state index in [9.17, 15) is 4.79 Å². The highest BCUT2D eigenvalue weighted by Crippen LogP contribution is 2.19. The van der Waals surface area contributed by atoms with Gasteiger partial charge in [-0.1, -0.05) is 46.1 Å². The Morgan fingerprint density at radius 3 is 2.39 bits per heavy atom. The van der Waals surface area contributed by atoms with Crippen molar-refractivity contribution < 1.29 is 14.3 Å². The summed E-state index contributed by atoms with van der Waals surface area (Å²) in [6.45, 7) is 7.93. The highest BCUT2D eigenvalue weighted by Gasteiger charge is 2.07. The van der Waals surface area contributed by atoms with E-state index in [1.807, 2.05) is 36.4 Å². The number of hydrogen-bond donors (Lipinski definition) is 1. The van der Waals surface area contributed by atoms with Crippen LogP contribution in [-0.2, 0) is 0 Å². The van der Waals surface area contributed by atoms with Gasteiger partial charge in [-0.25, -0.2) is 0 Å². The van der Waals surface area contributed by atoms with E-state index in [0.717, 1.165) is 30.0 Å². The van der Waals surface area contributed by atoms with Gasteiger partial charge in [0, 0.05) is 17.3 Å². The summed E-state index contributed by atoms with van der Waals surface area (Å²) in [6.07, 6.45) is 5.70. The van der Waals surface area contributed by atoms with Gasteiger partial charge in [0.1, 0.15) is 11.5 Å². The molecule has 0 saturated heterocycles. The lowest BCUT2D eigenvalue weighted by atomic mass is 10.1. The van der Waals surface area contributed by atoms with Gasteiger partial charge in [0.2, 0.25) is 0 Å². The van der Waals surface area contributed by atoms with Crippen LogP contribution in [0.15, 0.2) is 48.5 Å². The van der Waals surface area contributed by atoms with Gasteiger partial charge >= 0.3 is 0 Å². The Morgan fingerprint density at radius 2 is 1.68 bits per heavy atom. The Balaban J connectivity index is 1.84. The van der Waals surface area contributed by atoms with E-state index >= 15 is 0 Å². The standard InChI is InChI=1S/C24H33NO3/c1-4-5-6-7-16-27-23-10-8-9-21(18-23)25-24(26)20-11-13-22(14-12-20)28-17-15-19(2)3/h8-14,18-19H,4-7,15-17H2,1-3H3,(H,25,26). The second-order valence-corrected chi connectivity index (χ2v) is 7.45. The summed E-state index contributed by atoms with van der Waals surface area (Å²) in [5, 5.41) is 2.93. The van der Waals surface area contributed by atoms with Gasteiger partial charge in [-0.3, -0.25) is 4.79 Å². The van der Waals surface area contributed by atoms with Gasteiger partial charge in [0.05, 0.1) is 13.2 Å². The molecule has 0 atom stereocenters. The third kappa shape index (κ3) is 8.03. The summed E-state index contributed by atoms with van der Waals surface area (Å²) in [5.74, 6) is 2.04. The molecule has 0 unspecified atom stereocenters. The zero-order chi connectivity index (χ0) is 20.2. The number of carbonyl (C=O) groups is 1. The minimum atomic E-state index is -0.145. The first-order valence-electron chi connectivity index (χ1n) is 10.4. The summed E-state index contributed by atoms with van der Waals surface area (Å²) < 4.78 is 11.5. The second-order valence-electron chi connectivity index (χ2n) is 7.45. The average molecular weight is 384 g/mol. The zero-order valence-corrected chi connectivity index (χ0v) is 17.4. The summed E-state index contributed by atoms with van der Waals surface area (Å²) in [7, 11) is 0. The molecule has 0 heterocycles. The van der Waals surface area contributed by atoms with Gasteiger partial charge in [0.25, 0.3) is 5.91 Å². The van der Waals surface area contributed by atoms with Crippen LogP contribution in [0.2, 0.25) is 0 Å². The Bertz CT molecular complexity index is 710. The lowest BCUT2D eigenvalue weighted by molar-refractivity contribution is 0.102. The number of hydrogen-bond acceptors (Lipinski definition) is 3. The Labute approximate surface area is 169 Å². The SMILES string of the molecule is CCCCCCOc1cccc(NC(=O)c2ccc(OCCC(C)C)cc2)c1. The third-order valence-corrected chi connectivity index (χ3v) is 4.44. The minimum absolute atomic E-state index is 0.145. The van der Waals surface area contributed by atoms with Crippen molar-refractivity contribution >= 4 is 11.6 Å². The predicted octanol–water partition coefficient (Wildman–Crippen LogP) is 6.32. The largest absolute Gasteiger partial charge is 0.494 e. The average Bonchev–Trinajstić information content (AvgIpc) is 2.68. The van der Waals surface area contributed by atoms with E-state index in [0.29, 0.717) is 24.7 Å². The fraction of sp³-hybridized carbons (Fsp3) is 0.458. The molecule has 152 valence electrons. The van der Waals surface area contributed by atoms with E-state index in [2.05, 4.69) is 26.1 Å². The number of benzene rings is 2. The van der Waals surface area contributed by atoms with E-state index in [1.54, 1.807) is 12.1 Å². The van der Waals surface area contributed by atoms with Crippen molar-refractivity contribution in [1.82, 2.24) is 0 Å². The first-order valence-corrected chi connectivity index (χ1v) is 10.4. The maximum absolute atomic E-state index is 12.5. The molecule has 0 radical (unpaired) electrons. The Kier molecular flexibility index (Phi) is 9.40. The number of rotatable bonds is 12. The van der Waals surface area contributed by atoms with Crippen LogP contribution in [0, 0.1) is 5.92 Å². The maximum Gasteiger partial charge on any atom is 0.255 e. The molecule has 1 N–H and O–H groups in total. The second kappa shape index (κ2) is 12.1. The number of anilines is 1. The molecular formula is C24H33NO3. The van der Waals surface area contributed by atoms with Gasteiger partial charge in [0.15, 0.2) is 0 Å². The molecule has 2 aromatic carbocycles. The molecule has 2 rings (SSSR count). The molecule has 0 aromatic heterocycles. The van der Waals surface area contributed by atoms with Gasteiger partial charge in [-0.15, -0.1) is 0 Å². The lowest BCUT2D eigenvalue weighted by Crippen LogP contribution is -2.12. The smallest absolute Gasteiger partial charge is 0.255 e. The van der Waals surface area contributed by atoms with Crippen molar-refractivity contribution in [3.05, 3.63) is 54.1 Å². The molecule has 4 nitrogen and oxygen atoms in total. The molecule has 4 heteroatoms. The molecule has 0 fully saturated rings. The summed E-state index contributed by atoms with van der Waals surface area (Å²) >= 11 is 0. The molecule has 2 aromatic rings. The highest BCUT2D eigenvalue weighted by atomic mass is 16.5. The van der Waals surface area contributed by atoms with Crippen molar-refractivity contribution in [1.29, 1.82) is 0 Å². The van der Waals surface area contributed by atoms with Crippen LogP contribution in [0.4, 0.5) is 5.69 Å². The number of unbranched alkanes of at least 4 members (excludes halogenated alkanes) is 3. The fourth-order valence-electron chi connectivity index (χ4n) is 2.70. The van der Waals surface area contributed by atoms with Crippen LogP contribution >= 0.6 is 0 Å². The predicted molar refractivity (Wildman–Crippen MR) is 115 cm³/mol. The molecule has 0 spiro atoms. The topological polar surface area (TPSA) is 47.6 Å². The molecule has 1 amide bonds. The molecule has 0 aliphatic rings. The van der Waals surface area contributed by atoms with Crippen LogP contribution in [0.1, 0.15) is 63.2 Å². The van der Waals surface area contributed by atoms with E-state index in [4.69, 9.17) is 9.47 Å². The summed E-state index contributed by atoms with van der Waals surface area (Å²) in [5.41, 5.74) is 1.33. The first-order chi connectivity index (χ1) is 13.6. The molecule has 0 saturated carbocycles. The minimum Gasteiger partial charge on any atom is -0.494 e. The van der Waals surface area contributed by atoms with Crippen molar-refractivity contribution in [3.8, 4) is 11.5 Å². The normalized spacial score (nSPS) is 10.7. The molecule has 0 aliphatic carbocycles. The number of ether oxygens (including phenoxy) is 2. The van der Waals surface area contributed by atoms with Crippen molar-refractivity contribution in [2.75, 3.05) is 18.5 Å². The van der Waals surface area contributed by atoms with Gasteiger partial charge in [-0.05, 0) is 55.2 Å². The molecule has 0 bridgehead atoms. The van der Waals surface area contributed by atoms with Crippen LogP contribution in [0.3, 0.4) is 0 Å². The monoisotopic (exact) mass is 383 g/mol. The summed E-state index contributed by atoms with van der Waals surface area (Å²) in [6, 6.07) is 14.8. The van der Waals surface area contributed by atoms with Crippen molar-refractivity contribution in [2.24, 2.45) is 5.92 Å². The third-order valence-electron chi connectivity index (χ3n) is 4.44. The first kappa shape index (κ1) is 21.8. The number of carbonyl (C=O) groups excluding carboxylic acids is 1. The lowest BCUT2D eigenvalue weighted by Gasteiger charge is -2.10. The van der Waals surface area contributed by atoms with E-state index in [-0.39, 0.29) is 5.91 Å². The molecule has 0 aliphatic heterocycles. The van der Waals surface area contributed by atoms with Crippen LogP contribution < -0.4 is 14.8 Å². The van der Waals surface area contributed by atoms with Crippen molar-refractivity contribution in [2.45, 2.75) is 52.9 Å². The zero-order valence-electron chi connectivity index (χ0n) is 17.4. The van der Waals surface area contributed by atoms with Crippen LogP contribution in [0.25, 0.3) is 0 Å². The Morgan fingerprint density at radius 1 is 0.929 bits per heavy atom. The molecular weight excluding hydrogens is 350 g/mol. The van der Waals surface area contributed by atoms with Gasteiger partial charge in [-0.2, -0.15) is 0 Å². The maximum atomic E-state index is 12.5. The quantitative estimate of drug-likeness (QED) is 0.436. The fourth-order valence-corrected chi connectivity index (χ4v) is 2.70. The number of amides is 1.